The van der Waals surface area contributed by atoms with Crippen LogP contribution < -0.4 is 9.64 Å². The highest BCUT2D eigenvalue weighted by Gasteiger charge is 2.33. The maximum Gasteiger partial charge on any atom is 0.416 e. The molecular formula is C33H35F4N3O3. The minimum absolute atomic E-state index is 0.251. The Balaban J connectivity index is 1.67. The summed E-state index contributed by atoms with van der Waals surface area (Å²) in [5, 5.41) is 4.58. The molecule has 0 aliphatic rings. The second-order valence-corrected chi connectivity index (χ2v) is 11.0. The van der Waals surface area contributed by atoms with Crippen LogP contribution >= 0.6 is 0 Å². The Kier molecular flexibility index (Phi) is 9.18. The highest BCUT2D eigenvalue weighted by Crippen LogP contribution is 2.33. The molecule has 10 heteroatoms. The van der Waals surface area contributed by atoms with E-state index in [4.69, 9.17) is 9.47 Å². The fourth-order valence-electron chi connectivity index (χ4n) is 4.87. The number of hydrogen-bond donors (Lipinski definition) is 0. The molecule has 1 aromatic heterocycles. The summed E-state index contributed by atoms with van der Waals surface area (Å²) in [6.45, 7) is 9.99. The monoisotopic (exact) mass is 597 g/mol. The molecule has 1 heterocycles. The molecule has 0 N–H and O–H groups in total. The summed E-state index contributed by atoms with van der Waals surface area (Å²) in [5.74, 6) is 0.520. The average Bonchev–Trinajstić information content (AvgIpc) is 3.33. The van der Waals surface area contributed by atoms with Crippen LogP contribution in [0.4, 0.5) is 23.4 Å². The maximum atomic E-state index is 13.6. The quantitative estimate of drug-likeness (QED) is 0.138. The van der Waals surface area contributed by atoms with E-state index >= 15 is 0 Å². The molecule has 4 aromatic rings. The number of nitrogens with zero attached hydrogens (tertiary/aromatic N) is 3. The molecule has 4 rings (SSSR count). The Bertz CT molecular complexity index is 1550. The van der Waals surface area contributed by atoms with E-state index in [0.29, 0.717) is 30.1 Å². The molecule has 0 aliphatic heterocycles. The minimum Gasteiger partial charge on any atom is -0.476 e. The van der Waals surface area contributed by atoms with Crippen molar-refractivity contribution >= 4 is 11.8 Å². The number of carbonyl (C=O) groups is 1. The number of esters is 1. The number of benzene rings is 3. The van der Waals surface area contributed by atoms with E-state index in [1.807, 2.05) is 32.0 Å². The van der Waals surface area contributed by atoms with Crippen molar-refractivity contribution in [3.05, 3.63) is 100 Å². The fourth-order valence-corrected chi connectivity index (χ4v) is 4.87. The Morgan fingerprint density at radius 2 is 1.49 bits per heavy atom. The molecule has 0 bridgehead atoms. The number of aromatic nitrogens is 2. The number of halogens is 4. The molecule has 0 fully saturated rings. The van der Waals surface area contributed by atoms with E-state index in [1.54, 1.807) is 44.6 Å². The van der Waals surface area contributed by atoms with E-state index in [-0.39, 0.29) is 12.4 Å². The summed E-state index contributed by atoms with van der Waals surface area (Å²) in [6, 6.07) is 16.9. The molecule has 0 spiro atoms. The molecule has 0 unspecified atom stereocenters. The van der Waals surface area contributed by atoms with Crippen molar-refractivity contribution < 1.29 is 31.8 Å². The van der Waals surface area contributed by atoms with Gasteiger partial charge in [0.05, 0.1) is 17.9 Å². The van der Waals surface area contributed by atoms with Crippen LogP contribution in [-0.4, -0.2) is 28.0 Å². The number of aryl methyl sites for hydroxylation is 3. The molecule has 0 aliphatic carbocycles. The molecule has 0 saturated heterocycles. The highest BCUT2D eigenvalue weighted by atomic mass is 19.4. The van der Waals surface area contributed by atoms with Gasteiger partial charge in [-0.3, -0.25) is 4.68 Å². The van der Waals surface area contributed by atoms with Gasteiger partial charge in [-0.15, -0.1) is 0 Å². The van der Waals surface area contributed by atoms with Gasteiger partial charge in [0.1, 0.15) is 17.4 Å². The van der Waals surface area contributed by atoms with Gasteiger partial charge < -0.3 is 14.4 Å². The van der Waals surface area contributed by atoms with Crippen molar-refractivity contribution in [1.29, 1.82) is 0 Å². The van der Waals surface area contributed by atoms with Gasteiger partial charge in [-0.05, 0) is 81.1 Å². The van der Waals surface area contributed by atoms with Gasteiger partial charge in [0.25, 0.3) is 0 Å². The standard InChI is InChI=1S/C33H35F4N3O3/c1-7-42-31(41)32(4,5)43-30-21(2)16-24(17-22(30)3)20-40(19-23-8-14-27(34)15-9-23)29-18-28(38-39(29)6)25-10-12-26(13-11-25)33(35,36)37/h8-18H,7,19-20H2,1-6H3. The minimum atomic E-state index is -4.43. The number of ether oxygens (including phenoxy) is 2. The summed E-state index contributed by atoms with van der Waals surface area (Å²) in [6.07, 6.45) is -4.43. The van der Waals surface area contributed by atoms with Crippen LogP contribution in [0.3, 0.4) is 0 Å². The van der Waals surface area contributed by atoms with Gasteiger partial charge in [-0.2, -0.15) is 18.3 Å². The van der Waals surface area contributed by atoms with E-state index in [9.17, 15) is 22.4 Å². The lowest BCUT2D eigenvalue weighted by atomic mass is 10.0. The maximum absolute atomic E-state index is 13.6. The predicted molar refractivity (Wildman–Crippen MR) is 157 cm³/mol. The number of rotatable bonds is 10. The van der Waals surface area contributed by atoms with E-state index in [0.717, 1.165) is 40.2 Å². The van der Waals surface area contributed by atoms with E-state index in [1.165, 1.54) is 24.3 Å². The first-order valence-corrected chi connectivity index (χ1v) is 13.9. The summed E-state index contributed by atoms with van der Waals surface area (Å²) in [7, 11) is 1.77. The highest BCUT2D eigenvalue weighted by molar-refractivity contribution is 5.79. The van der Waals surface area contributed by atoms with E-state index < -0.39 is 23.3 Å². The second-order valence-electron chi connectivity index (χ2n) is 11.0. The third-order valence-electron chi connectivity index (χ3n) is 6.99. The smallest absolute Gasteiger partial charge is 0.416 e. The second kappa shape index (κ2) is 12.5. The third kappa shape index (κ3) is 7.55. The summed E-state index contributed by atoms with van der Waals surface area (Å²) in [4.78, 5) is 14.5. The lowest BCUT2D eigenvalue weighted by Gasteiger charge is -2.28. The normalized spacial score (nSPS) is 11.9. The van der Waals surface area contributed by atoms with Crippen molar-refractivity contribution in [2.75, 3.05) is 11.5 Å². The van der Waals surface area contributed by atoms with Crippen LogP contribution in [0.2, 0.25) is 0 Å². The van der Waals surface area contributed by atoms with Crippen LogP contribution in [0, 0.1) is 19.7 Å². The molecule has 43 heavy (non-hydrogen) atoms. The van der Waals surface area contributed by atoms with Crippen LogP contribution in [0.15, 0.2) is 66.7 Å². The lowest BCUT2D eigenvalue weighted by Crippen LogP contribution is -2.40. The fraction of sp³-hybridized carbons (Fsp3) is 0.333. The zero-order valence-electron chi connectivity index (χ0n) is 25.1. The molecule has 0 saturated carbocycles. The first kappa shape index (κ1) is 31.6. The van der Waals surface area contributed by atoms with Gasteiger partial charge >= 0.3 is 12.1 Å². The molecule has 0 atom stereocenters. The number of anilines is 1. The molecule has 0 radical (unpaired) electrons. The third-order valence-corrected chi connectivity index (χ3v) is 6.99. The number of hydrogen-bond acceptors (Lipinski definition) is 5. The zero-order chi connectivity index (χ0) is 31.5. The van der Waals surface area contributed by atoms with Crippen molar-refractivity contribution in [2.24, 2.45) is 7.05 Å². The van der Waals surface area contributed by atoms with Gasteiger partial charge in [-0.1, -0.05) is 36.4 Å². The van der Waals surface area contributed by atoms with Crippen LogP contribution in [0.1, 0.15) is 48.6 Å². The topological polar surface area (TPSA) is 56.6 Å². The summed E-state index contributed by atoms with van der Waals surface area (Å²) in [5.41, 5.74) is 2.66. The zero-order valence-corrected chi connectivity index (χ0v) is 25.1. The number of carbonyl (C=O) groups excluding carboxylic acids is 1. The average molecular weight is 598 g/mol. The van der Waals surface area contributed by atoms with Gasteiger partial charge in [-0.25, -0.2) is 9.18 Å². The van der Waals surface area contributed by atoms with Gasteiger partial charge in [0.15, 0.2) is 5.60 Å². The first-order chi connectivity index (χ1) is 20.2. The van der Waals surface area contributed by atoms with E-state index in [2.05, 4.69) is 10.00 Å². The van der Waals surface area contributed by atoms with Crippen LogP contribution in [0.25, 0.3) is 11.3 Å². The van der Waals surface area contributed by atoms with Crippen LogP contribution in [-0.2, 0) is 35.8 Å². The SMILES string of the molecule is CCOC(=O)C(C)(C)Oc1c(C)cc(CN(Cc2ccc(F)cc2)c2cc(-c3ccc(C(F)(F)F)cc3)nn2C)cc1C. The Morgan fingerprint density at radius 1 is 0.907 bits per heavy atom. The van der Waals surface area contributed by atoms with Crippen LogP contribution in [0.5, 0.6) is 5.75 Å². The van der Waals surface area contributed by atoms with Gasteiger partial charge in [0.2, 0.25) is 0 Å². The Hall–Kier alpha value is -4.34. The van der Waals surface area contributed by atoms with Crippen molar-refractivity contribution in [2.45, 2.75) is 59.5 Å². The molecule has 228 valence electrons. The Morgan fingerprint density at radius 3 is 2.05 bits per heavy atom. The molecule has 3 aromatic carbocycles. The molecule has 0 amide bonds. The Labute approximate surface area is 248 Å². The van der Waals surface area contributed by atoms with Crippen molar-refractivity contribution in [1.82, 2.24) is 9.78 Å². The summed E-state index contributed by atoms with van der Waals surface area (Å²) >= 11 is 0. The van der Waals surface area contributed by atoms with Crippen molar-refractivity contribution in [3.8, 4) is 17.0 Å². The number of alkyl halides is 3. The largest absolute Gasteiger partial charge is 0.476 e. The molecular weight excluding hydrogens is 562 g/mol. The first-order valence-electron chi connectivity index (χ1n) is 13.9. The lowest BCUT2D eigenvalue weighted by molar-refractivity contribution is -0.158. The predicted octanol–water partition coefficient (Wildman–Crippen LogP) is 7.79. The molecule has 6 nitrogen and oxygen atoms in total. The van der Waals surface area contributed by atoms with Crippen molar-refractivity contribution in [3.63, 3.8) is 0 Å². The van der Waals surface area contributed by atoms with Gasteiger partial charge in [0, 0.05) is 31.8 Å². The summed E-state index contributed by atoms with van der Waals surface area (Å²) < 4.78 is 65.9.